The zero-order chi connectivity index (χ0) is 12.8. The smallest absolute Gasteiger partial charge is 0.149 e. The summed E-state index contributed by atoms with van der Waals surface area (Å²) in [5.41, 5.74) is 0.162. The number of aliphatic hydroxyl groups is 1. The first kappa shape index (κ1) is 13.9. The molecule has 5 heteroatoms. The number of hydrogen-bond acceptors (Lipinski definition) is 3. The van der Waals surface area contributed by atoms with Crippen LogP contribution in [0.3, 0.4) is 0 Å². The summed E-state index contributed by atoms with van der Waals surface area (Å²) in [6.07, 6.45) is -0.700. The molecule has 17 heavy (non-hydrogen) atoms. The number of aliphatic hydroxyl groups excluding tert-OH is 1. The monoisotopic (exact) mass is 245 g/mol. The standard InChI is InChI=1S/C12H17F2NO2/c1-8(2)17-7-10(16)6-15-12-4-3-9(13)5-11(12)14/h3-5,8,10,15-16H,6-7H2,1-2H3. The predicted molar refractivity (Wildman–Crippen MR) is 61.9 cm³/mol. The van der Waals surface area contributed by atoms with Crippen molar-refractivity contribution in [2.24, 2.45) is 0 Å². The van der Waals surface area contributed by atoms with E-state index in [-0.39, 0.29) is 24.9 Å². The van der Waals surface area contributed by atoms with E-state index in [1.807, 2.05) is 13.8 Å². The van der Waals surface area contributed by atoms with Gasteiger partial charge in [0.15, 0.2) is 0 Å². The van der Waals surface area contributed by atoms with E-state index in [9.17, 15) is 13.9 Å². The molecule has 0 spiro atoms. The topological polar surface area (TPSA) is 41.5 Å². The zero-order valence-corrected chi connectivity index (χ0v) is 9.91. The highest BCUT2D eigenvalue weighted by atomic mass is 19.1. The average molecular weight is 245 g/mol. The maximum atomic E-state index is 13.2. The van der Waals surface area contributed by atoms with Crippen molar-refractivity contribution in [1.82, 2.24) is 0 Å². The molecule has 0 saturated carbocycles. The molecular weight excluding hydrogens is 228 g/mol. The number of benzene rings is 1. The molecule has 0 heterocycles. The largest absolute Gasteiger partial charge is 0.389 e. The van der Waals surface area contributed by atoms with E-state index in [0.29, 0.717) is 0 Å². The Hall–Kier alpha value is -1.20. The van der Waals surface area contributed by atoms with Crippen LogP contribution >= 0.6 is 0 Å². The Morgan fingerprint density at radius 2 is 2.06 bits per heavy atom. The van der Waals surface area contributed by atoms with Crippen molar-refractivity contribution < 1.29 is 18.6 Å². The zero-order valence-electron chi connectivity index (χ0n) is 9.91. The van der Waals surface area contributed by atoms with Gasteiger partial charge < -0.3 is 15.2 Å². The maximum absolute atomic E-state index is 13.2. The fourth-order valence-electron chi connectivity index (χ4n) is 1.22. The Balaban J connectivity index is 2.39. The van der Waals surface area contributed by atoms with Crippen LogP contribution in [0.25, 0.3) is 0 Å². The van der Waals surface area contributed by atoms with Crippen LogP contribution < -0.4 is 5.32 Å². The lowest BCUT2D eigenvalue weighted by atomic mass is 10.2. The number of halogens is 2. The highest BCUT2D eigenvalue weighted by molar-refractivity contribution is 5.44. The number of nitrogens with one attached hydrogen (secondary N) is 1. The van der Waals surface area contributed by atoms with Crippen molar-refractivity contribution in [3.63, 3.8) is 0 Å². The minimum atomic E-state index is -0.734. The molecule has 0 bridgehead atoms. The normalized spacial score (nSPS) is 12.8. The molecule has 1 atom stereocenters. The Morgan fingerprint density at radius 3 is 2.65 bits per heavy atom. The minimum absolute atomic E-state index is 0.0345. The molecule has 96 valence electrons. The quantitative estimate of drug-likeness (QED) is 0.807. The van der Waals surface area contributed by atoms with E-state index in [1.54, 1.807) is 0 Å². The molecule has 2 N–H and O–H groups in total. The van der Waals surface area contributed by atoms with Crippen molar-refractivity contribution in [3.05, 3.63) is 29.8 Å². The molecule has 0 aliphatic carbocycles. The van der Waals surface area contributed by atoms with Gasteiger partial charge in [-0.3, -0.25) is 0 Å². The Morgan fingerprint density at radius 1 is 1.35 bits per heavy atom. The van der Waals surface area contributed by atoms with E-state index in [0.717, 1.165) is 12.1 Å². The first-order valence-corrected chi connectivity index (χ1v) is 5.47. The highest BCUT2D eigenvalue weighted by Crippen LogP contribution is 2.14. The summed E-state index contributed by atoms with van der Waals surface area (Å²) in [6.45, 7) is 4.04. The van der Waals surface area contributed by atoms with Gasteiger partial charge in [-0.15, -0.1) is 0 Å². The Bertz CT molecular complexity index is 358. The van der Waals surface area contributed by atoms with Crippen LogP contribution in [0.5, 0.6) is 0 Å². The number of rotatable bonds is 6. The van der Waals surface area contributed by atoms with Crippen LogP contribution in [0, 0.1) is 11.6 Å². The molecule has 0 aromatic heterocycles. The SMILES string of the molecule is CC(C)OCC(O)CNc1ccc(F)cc1F. The third kappa shape index (κ3) is 5.10. The molecule has 0 amide bonds. The van der Waals surface area contributed by atoms with Crippen molar-refractivity contribution in [1.29, 1.82) is 0 Å². The summed E-state index contributed by atoms with van der Waals surface area (Å²) in [4.78, 5) is 0. The average Bonchev–Trinajstić information content (AvgIpc) is 2.25. The molecule has 1 aromatic carbocycles. The van der Waals surface area contributed by atoms with Gasteiger partial charge in [0.2, 0.25) is 0 Å². The van der Waals surface area contributed by atoms with Gasteiger partial charge in [0.1, 0.15) is 11.6 Å². The van der Waals surface area contributed by atoms with Crippen LogP contribution in [-0.2, 0) is 4.74 Å². The van der Waals surface area contributed by atoms with E-state index in [4.69, 9.17) is 4.74 Å². The first-order valence-electron chi connectivity index (χ1n) is 5.47. The second kappa shape index (κ2) is 6.51. The van der Waals surface area contributed by atoms with E-state index in [1.165, 1.54) is 6.07 Å². The van der Waals surface area contributed by atoms with Crippen LogP contribution in [-0.4, -0.2) is 30.5 Å². The van der Waals surface area contributed by atoms with Gasteiger partial charge >= 0.3 is 0 Å². The van der Waals surface area contributed by atoms with Crippen molar-refractivity contribution in [2.75, 3.05) is 18.5 Å². The first-order chi connectivity index (χ1) is 7.99. The summed E-state index contributed by atoms with van der Waals surface area (Å²) >= 11 is 0. The molecule has 1 unspecified atom stereocenters. The summed E-state index contributed by atoms with van der Waals surface area (Å²) in [5.74, 6) is -1.31. The fourth-order valence-corrected chi connectivity index (χ4v) is 1.22. The van der Waals surface area contributed by atoms with Gasteiger partial charge in [0, 0.05) is 12.6 Å². The summed E-state index contributed by atoms with van der Waals surface area (Å²) in [5, 5.41) is 12.2. The van der Waals surface area contributed by atoms with Crippen molar-refractivity contribution in [2.45, 2.75) is 26.1 Å². The second-order valence-electron chi connectivity index (χ2n) is 4.04. The third-order valence-electron chi connectivity index (χ3n) is 2.08. The molecule has 0 aliphatic rings. The minimum Gasteiger partial charge on any atom is -0.389 e. The fraction of sp³-hybridized carbons (Fsp3) is 0.500. The lowest BCUT2D eigenvalue weighted by Crippen LogP contribution is -2.26. The lowest BCUT2D eigenvalue weighted by Gasteiger charge is -2.15. The predicted octanol–water partition coefficient (Wildman–Crippen LogP) is 2.16. The molecular formula is C12H17F2NO2. The Kier molecular flexibility index (Phi) is 5.31. The van der Waals surface area contributed by atoms with Crippen LogP contribution in [0.2, 0.25) is 0 Å². The lowest BCUT2D eigenvalue weighted by molar-refractivity contribution is 0.0112. The van der Waals surface area contributed by atoms with E-state index >= 15 is 0 Å². The third-order valence-corrected chi connectivity index (χ3v) is 2.08. The van der Waals surface area contributed by atoms with Crippen LogP contribution in [0.1, 0.15) is 13.8 Å². The van der Waals surface area contributed by atoms with Gasteiger partial charge in [-0.2, -0.15) is 0 Å². The summed E-state index contributed by atoms with van der Waals surface area (Å²) in [7, 11) is 0. The summed E-state index contributed by atoms with van der Waals surface area (Å²) in [6, 6.07) is 3.24. The van der Waals surface area contributed by atoms with E-state index in [2.05, 4.69) is 5.32 Å². The van der Waals surface area contributed by atoms with Crippen molar-refractivity contribution >= 4 is 5.69 Å². The molecule has 1 rings (SSSR count). The van der Waals surface area contributed by atoms with Gasteiger partial charge in [0.05, 0.1) is 24.5 Å². The number of ether oxygens (including phenoxy) is 1. The Labute approximate surface area is 99.4 Å². The van der Waals surface area contributed by atoms with Crippen LogP contribution in [0.4, 0.5) is 14.5 Å². The number of hydrogen-bond donors (Lipinski definition) is 2. The maximum Gasteiger partial charge on any atom is 0.149 e. The molecule has 3 nitrogen and oxygen atoms in total. The number of anilines is 1. The van der Waals surface area contributed by atoms with E-state index < -0.39 is 17.7 Å². The molecule has 0 radical (unpaired) electrons. The molecule has 0 fully saturated rings. The van der Waals surface area contributed by atoms with Crippen molar-refractivity contribution in [3.8, 4) is 0 Å². The van der Waals surface area contributed by atoms with Gasteiger partial charge in [-0.1, -0.05) is 0 Å². The highest BCUT2D eigenvalue weighted by Gasteiger charge is 2.08. The molecule has 1 aromatic rings. The van der Waals surface area contributed by atoms with Crippen LogP contribution in [0.15, 0.2) is 18.2 Å². The van der Waals surface area contributed by atoms with Gasteiger partial charge in [0.25, 0.3) is 0 Å². The second-order valence-corrected chi connectivity index (χ2v) is 4.04. The summed E-state index contributed by atoms with van der Waals surface area (Å²) < 4.78 is 31.0. The molecule has 0 aliphatic heterocycles. The molecule has 0 saturated heterocycles. The van der Waals surface area contributed by atoms with Gasteiger partial charge in [-0.05, 0) is 26.0 Å². The van der Waals surface area contributed by atoms with Gasteiger partial charge in [-0.25, -0.2) is 8.78 Å².